The highest BCUT2D eigenvalue weighted by Gasteiger charge is 2.34. The quantitative estimate of drug-likeness (QED) is 0.225. The van der Waals surface area contributed by atoms with Gasteiger partial charge in [0.1, 0.15) is 4.21 Å². The zero-order chi connectivity index (χ0) is 25.3. The zero-order valence-electron chi connectivity index (χ0n) is 20.4. The molecule has 1 amide bonds. The fraction of sp³-hybridized carbons (Fsp3) is 0.440. The van der Waals surface area contributed by atoms with Crippen LogP contribution in [0.1, 0.15) is 57.9 Å². The lowest BCUT2D eigenvalue weighted by atomic mass is 10.1. The van der Waals surface area contributed by atoms with Crippen molar-refractivity contribution in [1.29, 1.82) is 0 Å². The van der Waals surface area contributed by atoms with Crippen LogP contribution < -0.4 is 9.47 Å². The standard InChI is InChI=1S/C25H32N2O5S3/c1-4-6-7-8-9-10-15-32-21-17-19(13-14-20(21)31-3)18-22-24(28)27(5-2)25(34-22)26-35(29,30)23-12-11-16-33-23/h11-14,16-18H,4-10,15H2,1-3H3/b22-18-,26-25+. The number of thiophene rings is 1. The lowest BCUT2D eigenvalue weighted by molar-refractivity contribution is -0.122. The van der Waals surface area contributed by atoms with Gasteiger partial charge in [0.2, 0.25) is 0 Å². The van der Waals surface area contributed by atoms with Crippen LogP contribution in [0.3, 0.4) is 0 Å². The fourth-order valence-corrected chi connectivity index (χ4v) is 6.74. The topological polar surface area (TPSA) is 85.3 Å². The number of sulfonamides is 1. The molecular formula is C25H32N2O5S3. The Morgan fingerprint density at radius 2 is 1.83 bits per heavy atom. The van der Waals surface area contributed by atoms with Gasteiger partial charge in [-0.2, -0.15) is 8.42 Å². The van der Waals surface area contributed by atoms with E-state index in [4.69, 9.17) is 9.47 Å². The lowest BCUT2D eigenvalue weighted by Crippen LogP contribution is -2.29. The molecule has 0 spiro atoms. The van der Waals surface area contributed by atoms with Crippen molar-refractivity contribution in [3.8, 4) is 11.5 Å². The second-order valence-electron chi connectivity index (χ2n) is 7.97. The maximum atomic E-state index is 13.0. The van der Waals surface area contributed by atoms with Gasteiger partial charge in [0.05, 0.1) is 18.6 Å². The number of benzene rings is 1. The van der Waals surface area contributed by atoms with Crippen LogP contribution in [0.15, 0.2) is 49.2 Å². The molecule has 0 radical (unpaired) electrons. The van der Waals surface area contributed by atoms with Gasteiger partial charge in [-0.1, -0.05) is 51.2 Å². The van der Waals surface area contributed by atoms with Gasteiger partial charge in [-0.25, -0.2) is 0 Å². The Kier molecular flexibility index (Phi) is 10.2. The number of unbranched alkanes of at least 4 members (excludes halogenated alkanes) is 5. The molecule has 1 fully saturated rings. The second kappa shape index (κ2) is 13.1. The maximum absolute atomic E-state index is 13.0. The predicted octanol–water partition coefficient (Wildman–Crippen LogP) is 6.18. The Bertz CT molecular complexity index is 1160. The van der Waals surface area contributed by atoms with E-state index in [1.54, 1.807) is 37.6 Å². The van der Waals surface area contributed by atoms with Gasteiger partial charge < -0.3 is 9.47 Å². The number of carbonyl (C=O) groups excluding carboxylic acids is 1. The number of thioether (sulfide) groups is 1. The maximum Gasteiger partial charge on any atom is 0.294 e. The number of carbonyl (C=O) groups is 1. The summed E-state index contributed by atoms with van der Waals surface area (Å²) in [4.78, 5) is 14.7. The number of likely N-dealkylation sites (N-methyl/N-ethyl adjacent to an activating group) is 1. The summed E-state index contributed by atoms with van der Waals surface area (Å²) in [6.45, 7) is 4.90. The summed E-state index contributed by atoms with van der Waals surface area (Å²) in [6, 6.07) is 8.64. The second-order valence-corrected chi connectivity index (χ2v) is 11.8. The summed E-state index contributed by atoms with van der Waals surface area (Å²) in [5.74, 6) is 0.971. The molecule has 1 aromatic carbocycles. The Hall–Kier alpha value is -2.30. The third-order valence-corrected chi connectivity index (χ3v) is 9.15. The minimum absolute atomic E-state index is 0.147. The van der Waals surface area contributed by atoms with Crippen LogP contribution in [0.4, 0.5) is 0 Å². The molecule has 1 saturated heterocycles. The van der Waals surface area contributed by atoms with Crippen LogP contribution >= 0.6 is 23.1 Å². The number of rotatable bonds is 13. The third kappa shape index (κ3) is 7.35. The molecule has 0 unspecified atom stereocenters. The van der Waals surface area contributed by atoms with E-state index < -0.39 is 10.0 Å². The minimum Gasteiger partial charge on any atom is -0.493 e. The average Bonchev–Trinajstić information content (AvgIpc) is 3.48. The normalized spacial score (nSPS) is 16.4. The van der Waals surface area contributed by atoms with E-state index in [1.165, 1.54) is 36.6 Å². The molecule has 0 N–H and O–H groups in total. The van der Waals surface area contributed by atoms with Crippen LogP contribution in [-0.4, -0.2) is 44.7 Å². The number of hydrogen-bond acceptors (Lipinski definition) is 7. The molecule has 0 bridgehead atoms. The summed E-state index contributed by atoms with van der Waals surface area (Å²) >= 11 is 2.15. The van der Waals surface area contributed by atoms with Crippen LogP contribution in [0.25, 0.3) is 6.08 Å². The van der Waals surface area contributed by atoms with Crippen molar-refractivity contribution in [2.75, 3.05) is 20.3 Å². The first kappa shape index (κ1) is 27.3. The van der Waals surface area contributed by atoms with Gasteiger partial charge in [0, 0.05) is 6.54 Å². The molecule has 2 aromatic rings. The van der Waals surface area contributed by atoms with Crippen molar-refractivity contribution in [2.45, 2.75) is 56.6 Å². The molecule has 0 aliphatic carbocycles. The molecule has 3 rings (SSSR count). The first-order chi connectivity index (χ1) is 16.9. The Morgan fingerprint density at radius 3 is 2.51 bits per heavy atom. The number of amides is 1. The van der Waals surface area contributed by atoms with Crippen molar-refractivity contribution < 1.29 is 22.7 Å². The molecule has 0 atom stereocenters. The molecule has 1 aliphatic heterocycles. The molecule has 1 aliphatic rings. The molecule has 0 saturated carbocycles. The van der Waals surface area contributed by atoms with Crippen molar-refractivity contribution in [3.63, 3.8) is 0 Å². The largest absolute Gasteiger partial charge is 0.493 e. The molecule has 2 heterocycles. The number of amidine groups is 1. The van der Waals surface area contributed by atoms with E-state index in [1.807, 2.05) is 12.1 Å². The van der Waals surface area contributed by atoms with Gasteiger partial charge in [-0.3, -0.25) is 9.69 Å². The van der Waals surface area contributed by atoms with Crippen LogP contribution in [0.2, 0.25) is 0 Å². The van der Waals surface area contributed by atoms with Crippen LogP contribution in [0.5, 0.6) is 11.5 Å². The van der Waals surface area contributed by atoms with Gasteiger partial charge >= 0.3 is 0 Å². The van der Waals surface area contributed by atoms with Crippen molar-refractivity contribution >= 4 is 50.3 Å². The molecule has 10 heteroatoms. The Balaban J connectivity index is 1.75. The fourth-order valence-electron chi connectivity index (χ4n) is 3.52. The summed E-state index contributed by atoms with van der Waals surface area (Å²) in [7, 11) is -2.28. The van der Waals surface area contributed by atoms with Crippen LogP contribution in [0, 0.1) is 0 Å². The van der Waals surface area contributed by atoms with Gasteiger partial charge in [0.25, 0.3) is 15.9 Å². The number of nitrogens with zero attached hydrogens (tertiary/aromatic N) is 2. The van der Waals surface area contributed by atoms with Gasteiger partial charge in [-0.05, 0) is 60.3 Å². The molecular weight excluding hydrogens is 504 g/mol. The SMILES string of the molecule is CCCCCCCCOc1cc(/C=C2\S/C(=N/S(=O)(=O)c3cccs3)N(CC)C2=O)ccc1OC. The highest BCUT2D eigenvalue weighted by Crippen LogP contribution is 2.35. The first-order valence-electron chi connectivity index (χ1n) is 11.8. The summed E-state index contributed by atoms with van der Waals surface area (Å²) in [5, 5.41) is 1.84. The zero-order valence-corrected chi connectivity index (χ0v) is 22.8. The summed E-state index contributed by atoms with van der Waals surface area (Å²) in [5.41, 5.74) is 0.762. The van der Waals surface area contributed by atoms with Crippen molar-refractivity contribution in [2.24, 2.45) is 4.40 Å². The van der Waals surface area contributed by atoms with Gasteiger partial charge in [-0.15, -0.1) is 15.7 Å². The van der Waals surface area contributed by atoms with E-state index in [2.05, 4.69) is 11.3 Å². The van der Waals surface area contributed by atoms with Crippen molar-refractivity contribution in [3.05, 3.63) is 46.2 Å². The monoisotopic (exact) mass is 536 g/mol. The highest BCUT2D eigenvalue weighted by atomic mass is 32.2. The van der Waals surface area contributed by atoms with E-state index in [0.29, 0.717) is 29.6 Å². The molecule has 7 nitrogen and oxygen atoms in total. The Labute approximate surface area is 216 Å². The number of hydrogen-bond donors (Lipinski definition) is 0. The highest BCUT2D eigenvalue weighted by molar-refractivity contribution is 8.19. The number of ether oxygens (including phenoxy) is 2. The van der Waals surface area contributed by atoms with Gasteiger partial charge in [0.15, 0.2) is 16.7 Å². The summed E-state index contributed by atoms with van der Waals surface area (Å²) < 4.78 is 40.7. The molecule has 35 heavy (non-hydrogen) atoms. The molecule has 190 valence electrons. The van der Waals surface area contributed by atoms with E-state index in [9.17, 15) is 13.2 Å². The summed E-state index contributed by atoms with van der Waals surface area (Å²) in [6.07, 6.45) is 8.78. The first-order valence-corrected chi connectivity index (χ1v) is 14.9. The lowest BCUT2D eigenvalue weighted by Gasteiger charge is -2.12. The minimum atomic E-state index is -3.87. The average molecular weight is 537 g/mol. The third-order valence-electron chi connectivity index (χ3n) is 5.39. The predicted molar refractivity (Wildman–Crippen MR) is 144 cm³/mol. The van der Waals surface area contributed by atoms with E-state index >= 15 is 0 Å². The van der Waals surface area contributed by atoms with E-state index in [0.717, 1.165) is 41.5 Å². The van der Waals surface area contributed by atoms with E-state index in [-0.39, 0.29) is 15.3 Å². The smallest absolute Gasteiger partial charge is 0.294 e. The van der Waals surface area contributed by atoms with Crippen molar-refractivity contribution in [1.82, 2.24) is 4.90 Å². The van der Waals surface area contributed by atoms with Crippen LogP contribution in [-0.2, 0) is 14.8 Å². The molecule has 1 aromatic heterocycles. The Morgan fingerprint density at radius 1 is 1.06 bits per heavy atom. The number of methoxy groups -OCH3 is 1.